The van der Waals surface area contributed by atoms with Gasteiger partial charge >= 0.3 is 17.9 Å². The minimum absolute atomic E-state index is 0.0799. The fraction of sp³-hybridized carbons (Fsp3) is 0.850. The molecule has 386 valence electrons. The van der Waals surface area contributed by atoms with Crippen LogP contribution in [0.25, 0.3) is 0 Å². The van der Waals surface area contributed by atoms with Crippen LogP contribution >= 0.6 is 0 Å². The van der Waals surface area contributed by atoms with E-state index in [1.165, 1.54) is 186 Å². The van der Waals surface area contributed by atoms with E-state index in [1.807, 2.05) is 0 Å². The number of allylic oxidation sites excluding steroid dienone is 6. The molecule has 0 saturated carbocycles. The summed E-state index contributed by atoms with van der Waals surface area (Å²) in [5.41, 5.74) is 0. The highest BCUT2D eigenvalue weighted by atomic mass is 16.6. The molecular formula is C60H110O6. The number of esters is 3. The molecule has 0 aliphatic heterocycles. The largest absolute Gasteiger partial charge is 0.462 e. The van der Waals surface area contributed by atoms with Crippen molar-refractivity contribution < 1.29 is 28.6 Å². The molecule has 66 heavy (non-hydrogen) atoms. The van der Waals surface area contributed by atoms with Crippen molar-refractivity contribution in [3.8, 4) is 0 Å². The van der Waals surface area contributed by atoms with Gasteiger partial charge in [0.1, 0.15) is 13.2 Å². The summed E-state index contributed by atoms with van der Waals surface area (Å²) in [7, 11) is 0. The highest BCUT2D eigenvalue weighted by molar-refractivity contribution is 5.71. The number of carbonyl (C=O) groups excluding carboxylic acids is 3. The van der Waals surface area contributed by atoms with Crippen molar-refractivity contribution in [2.24, 2.45) is 0 Å². The Bertz CT molecular complexity index is 1110. The predicted molar refractivity (Wildman–Crippen MR) is 284 cm³/mol. The van der Waals surface area contributed by atoms with Gasteiger partial charge in [0.05, 0.1) is 0 Å². The highest BCUT2D eigenvalue weighted by Crippen LogP contribution is 2.17. The summed E-state index contributed by atoms with van der Waals surface area (Å²) in [5, 5.41) is 0. The molecule has 0 saturated heterocycles. The maximum Gasteiger partial charge on any atom is 0.306 e. The Hall–Kier alpha value is -2.37. The van der Waals surface area contributed by atoms with Crippen LogP contribution in [-0.4, -0.2) is 37.2 Å². The molecule has 0 N–H and O–H groups in total. The molecule has 6 heteroatoms. The molecule has 0 bridgehead atoms. The van der Waals surface area contributed by atoms with Gasteiger partial charge in [-0.1, -0.05) is 276 Å². The fourth-order valence-corrected chi connectivity index (χ4v) is 8.58. The van der Waals surface area contributed by atoms with Crippen LogP contribution in [-0.2, 0) is 28.6 Å². The molecule has 0 amide bonds. The molecule has 0 aromatic rings. The Morgan fingerprint density at radius 2 is 0.591 bits per heavy atom. The molecule has 0 aliphatic carbocycles. The summed E-state index contributed by atoms with van der Waals surface area (Å²) in [4.78, 5) is 37.9. The Labute approximate surface area is 410 Å². The van der Waals surface area contributed by atoms with Crippen LogP contribution in [0.2, 0.25) is 0 Å². The minimum atomic E-state index is -0.782. The van der Waals surface area contributed by atoms with E-state index < -0.39 is 6.10 Å². The first kappa shape index (κ1) is 63.6. The van der Waals surface area contributed by atoms with Gasteiger partial charge in [-0.05, 0) is 51.4 Å². The number of hydrogen-bond donors (Lipinski definition) is 0. The topological polar surface area (TPSA) is 78.9 Å². The van der Waals surface area contributed by atoms with Gasteiger partial charge in [-0.25, -0.2) is 0 Å². The average Bonchev–Trinajstić information content (AvgIpc) is 3.31. The van der Waals surface area contributed by atoms with E-state index >= 15 is 0 Å². The van der Waals surface area contributed by atoms with Gasteiger partial charge in [-0.3, -0.25) is 14.4 Å². The summed E-state index contributed by atoms with van der Waals surface area (Å²) >= 11 is 0. The molecule has 0 aromatic carbocycles. The molecule has 0 radical (unpaired) electrons. The molecule has 0 fully saturated rings. The summed E-state index contributed by atoms with van der Waals surface area (Å²) in [6, 6.07) is 0. The van der Waals surface area contributed by atoms with Gasteiger partial charge in [0.25, 0.3) is 0 Å². The van der Waals surface area contributed by atoms with E-state index in [9.17, 15) is 14.4 Å². The second-order valence-corrected chi connectivity index (χ2v) is 19.5. The molecule has 0 aliphatic rings. The maximum atomic E-state index is 12.8. The van der Waals surface area contributed by atoms with Crippen molar-refractivity contribution in [3.63, 3.8) is 0 Å². The molecule has 1 unspecified atom stereocenters. The van der Waals surface area contributed by atoms with E-state index in [4.69, 9.17) is 14.2 Å². The smallest absolute Gasteiger partial charge is 0.306 e. The van der Waals surface area contributed by atoms with Crippen molar-refractivity contribution in [3.05, 3.63) is 36.5 Å². The molecule has 0 aromatic heterocycles. The number of ether oxygens (including phenoxy) is 3. The van der Waals surface area contributed by atoms with E-state index in [-0.39, 0.29) is 31.1 Å². The highest BCUT2D eigenvalue weighted by Gasteiger charge is 2.19. The normalized spacial score (nSPS) is 12.2. The summed E-state index contributed by atoms with van der Waals surface area (Å²) in [6.45, 7) is 6.52. The monoisotopic (exact) mass is 927 g/mol. The van der Waals surface area contributed by atoms with Crippen LogP contribution in [0.1, 0.15) is 310 Å². The lowest BCUT2D eigenvalue weighted by atomic mass is 10.0. The zero-order valence-corrected chi connectivity index (χ0v) is 44.2. The number of rotatable bonds is 53. The van der Waals surface area contributed by atoms with E-state index in [0.29, 0.717) is 19.3 Å². The first-order valence-corrected chi connectivity index (χ1v) is 29.0. The lowest BCUT2D eigenvalue weighted by Gasteiger charge is -2.18. The van der Waals surface area contributed by atoms with E-state index in [1.54, 1.807) is 0 Å². The Morgan fingerprint density at radius 3 is 0.924 bits per heavy atom. The molecule has 1 atom stereocenters. The van der Waals surface area contributed by atoms with Gasteiger partial charge in [0.15, 0.2) is 6.10 Å². The van der Waals surface area contributed by atoms with Gasteiger partial charge < -0.3 is 14.2 Å². The van der Waals surface area contributed by atoms with Crippen molar-refractivity contribution in [1.82, 2.24) is 0 Å². The van der Waals surface area contributed by atoms with Crippen LogP contribution in [0.4, 0.5) is 0 Å². The van der Waals surface area contributed by atoms with Crippen LogP contribution < -0.4 is 0 Å². The van der Waals surface area contributed by atoms with Crippen molar-refractivity contribution in [2.45, 2.75) is 316 Å². The fourth-order valence-electron chi connectivity index (χ4n) is 8.58. The summed E-state index contributed by atoms with van der Waals surface area (Å²) in [5.74, 6) is -0.898. The zero-order valence-electron chi connectivity index (χ0n) is 44.2. The Balaban J connectivity index is 4.11. The van der Waals surface area contributed by atoms with Crippen LogP contribution in [0.15, 0.2) is 36.5 Å². The molecular weight excluding hydrogens is 817 g/mol. The summed E-state index contributed by atoms with van der Waals surface area (Å²) in [6.07, 6.45) is 66.0. The molecule has 0 rings (SSSR count). The van der Waals surface area contributed by atoms with Gasteiger partial charge in [-0.2, -0.15) is 0 Å². The molecule has 0 heterocycles. The third kappa shape index (κ3) is 52.6. The average molecular weight is 928 g/mol. The van der Waals surface area contributed by atoms with Crippen LogP contribution in [0, 0.1) is 0 Å². The van der Waals surface area contributed by atoms with Gasteiger partial charge in [0, 0.05) is 19.3 Å². The lowest BCUT2D eigenvalue weighted by molar-refractivity contribution is -0.167. The molecule has 0 spiro atoms. The number of hydrogen-bond acceptors (Lipinski definition) is 6. The van der Waals surface area contributed by atoms with Crippen LogP contribution in [0.5, 0.6) is 0 Å². The predicted octanol–water partition coefficient (Wildman–Crippen LogP) is 19.3. The van der Waals surface area contributed by atoms with Gasteiger partial charge in [0.2, 0.25) is 0 Å². The van der Waals surface area contributed by atoms with E-state index in [0.717, 1.165) is 83.5 Å². The minimum Gasteiger partial charge on any atom is -0.462 e. The second-order valence-electron chi connectivity index (χ2n) is 19.5. The van der Waals surface area contributed by atoms with E-state index in [2.05, 4.69) is 57.2 Å². The SMILES string of the molecule is CC/C=C\C/C=C\C/C=C\CCCCCC(=O)OC(COC(=O)CCCCCCCCCCC)COC(=O)CCCCCCCCCCCCCCCCCCCCCCCCCCCC. The molecule has 6 nitrogen and oxygen atoms in total. The number of unbranched alkanes of at least 4 members (excludes halogenated alkanes) is 36. The first-order valence-electron chi connectivity index (χ1n) is 29.0. The lowest BCUT2D eigenvalue weighted by Crippen LogP contribution is -2.30. The third-order valence-electron chi connectivity index (χ3n) is 12.9. The maximum absolute atomic E-state index is 12.8. The zero-order chi connectivity index (χ0) is 47.9. The number of carbonyl (C=O) groups is 3. The second kappa shape index (κ2) is 55.2. The van der Waals surface area contributed by atoms with Crippen LogP contribution in [0.3, 0.4) is 0 Å². The summed E-state index contributed by atoms with van der Waals surface area (Å²) < 4.78 is 16.8. The van der Waals surface area contributed by atoms with Crippen molar-refractivity contribution >= 4 is 17.9 Å². The van der Waals surface area contributed by atoms with Crippen molar-refractivity contribution in [1.29, 1.82) is 0 Å². The van der Waals surface area contributed by atoms with Crippen molar-refractivity contribution in [2.75, 3.05) is 13.2 Å². The first-order chi connectivity index (χ1) is 32.5. The quantitative estimate of drug-likeness (QED) is 0.0262. The third-order valence-corrected chi connectivity index (χ3v) is 12.9. The van der Waals surface area contributed by atoms with Gasteiger partial charge in [-0.15, -0.1) is 0 Å². The Morgan fingerprint density at radius 1 is 0.318 bits per heavy atom. The standard InChI is InChI=1S/C60H110O6/c1-4-7-10-13-16-19-21-23-24-25-26-27-28-29-30-31-32-33-34-35-37-38-41-44-47-50-53-59(62)65-56-57(55-64-58(61)52-49-46-43-40-18-15-12-9-6-3)66-60(63)54-51-48-45-42-39-36-22-20-17-14-11-8-5-2/h8,11,17,20,36,39,57H,4-7,9-10,12-16,18-19,21-35,37-38,40-56H2,1-3H3/b11-8-,20-17-,39-36-. The Kier molecular flexibility index (Phi) is 53.2.